The lowest BCUT2D eigenvalue weighted by Crippen LogP contribution is -2.34. The minimum atomic E-state index is -5.17. The average molecular weight is 795 g/mol. The Labute approximate surface area is 264 Å². The van der Waals surface area contributed by atoms with Crippen LogP contribution in [-0.4, -0.2) is 98.0 Å². The predicted octanol–water partition coefficient (Wildman–Crippen LogP) is 1.33. The number of ether oxygens (including phenoxy) is 2. The van der Waals surface area contributed by atoms with Gasteiger partial charge in [0.15, 0.2) is 0 Å². The molecule has 46 heavy (non-hydrogen) atoms. The lowest BCUT2D eigenvalue weighted by atomic mass is 9.87. The van der Waals surface area contributed by atoms with E-state index in [-0.39, 0.29) is 18.4 Å². The molecule has 0 aliphatic carbocycles. The molecule has 22 nitrogen and oxygen atoms in total. The van der Waals surface area contributed by atoms with Crippen molar-refractivity contribution in [3.8, 4) is 0 Å². The maximum Gasteiger partial charge on any atom is 0.476 e. The van der Waals surface area contributed by atoms with E-state index in [0.29, 0.717) is 5.41 Å². The van der Waals surface area contributed by atoms with Crippen LogP contribution in [0, 0.1) is 5.41 Å². The zero-order chi connectivity index (χ0) is 37.6. The van der Waals surface area contributed by atoms with E-state index in [1.807, 2.05) is 0 Å². The minimum absolute atomic E-state index is 0.0670. The SMILES string of the molecule is C=C(C)C(=O)OCCP(=O)(O)OP(=O)(O)O.C=CS(=O)(=O)O.CCC(CC(C)(C)C(=O)OCCP(=O)(O)OP(=O)(O)O)S(=O)(=O)O. The van der Waals surface area contributed by atoms with Crippen molar-refractivity contribution in [3.63, 3.8) is 0 Å². The van der Waals surface area contributed by atoms with Crippen molar-refractivity contribution in [1.82, 2.24) is 0 Å². The first-order chi connectivity index (χ1) is 20.1. The van der Waals surface area contributed by atoms with Gasteiger partial charge in [0.05, 0.1) is 28.4 Å². The molecule has 0 rings (SSSR count). The fourth-order valence-electron chi connectivity index (χ4n) is 2.35. The Bertz CT molecular complexity index is 1450. The molecular weight excluding hydrogens is 756 g/mol. The molecule has 274 valence electrons. The van der Waals surface area contributed by atoms with Gasteiger partial charge in [-0.3, -0.25) is 23.0 Å². The number of hydrogen-bond donors (Lipinski definition) is 8. The van der Waals surface area contributed by atoms with Gasteiger partial charge in [-0.2, -0.15) is 16.8 Å². The summed E-state index contributed by atoms with van der Waals surface area (Å²) in [5, 5.41) is -0.713. The summed E-state index contributed by atoms with van der Waals surface area (Å²) in [5.74, 6) is -1.67. The summed E-state index contributed by atoms with van der Waals surface area (Å²) in [7, 11) is -27.6. The standard InChI is InChI=1S/C10H22O11P2S.C6H12O8P2.C2H4O3S/c1-4-8(24(17,18)19)7-10(2,3)9(11)20-5-6-22(12,13)21-23(14,15)16;1-5(2)6(7)13-3-4-15(8,9)14-16(10,11)12;1-2-6(3,4)5/h8H,4-7H2,1-3H3,(H,12,13)(H2,14,15,16)(H,17,18,19);1,3-4H2,2H3,(H,8,9)(H2,10,11,12);2H,1H2,(H,3,4,5). The topological polar surface area (TPSA) is 369 Å². The molecule has 0 aromatic carbocycles. The lowest BCUT2D eigenvalue weighted by molar-refractivity contribution is -0.153. The molecule has 8 N–H and O–H groups in total. The molecule has 0 saturated heterocycles. The molecule has 3 atom stereocenters. The van der Waals surface area contributed by atoms with Crippen LogP contribution in [0.5, 0.6) is 0 Å². The zero-order valence-electron chi connectivity index (χ0n) is 24.7. The highest BCUT2D eigenvalue weighted by Crippen LogP contribution is 2.57. The van der Waals surface area contributed by atoms with Crippen LogP contribution >= 0.6 is 30.8 Å². The van der Waals surface area contributed by atoms with Crippen LogP contribution in [0.2, 0.25) is 0 Å². The van der Waals surface area contributed by atoms with Crippen LogP contribution in [0.3, 0.4) is 0 Å². The molecule has 0 aliphatic heterocycles. The Morgan fingerprint density at radius 2 is 1.17 bits per heavy atom. The van der Waals surface area contributed by atoms with Crippen molar-refractivity contribution in [2.24, 2.45) is 5.41 Å². The van der Waals surface area contributed by atoms with Crippen LogP contribution in [0.25, 0.3) is 0 Å². The molecule has 0 saturated carbocycles. The molecule has 0 aliphatic rings. The van der Waals surface area contributed by atoms with E-state index in [1.165, 1.54) is 27.7 Å². The highest BCUT2D eigenvalue weighted by atomic mass is 32.2. The number of hydrogen-bond acceptors (Lipinski definition) is 14. The van der Waals surface area contributed by atoms with Crippen molar-refractivity contribution >= 4 is 63.0 Å². The summed E-state index contributed by atoms with van der Waals surface area (Å²) in [6, 6.07) is 0. The molecule has 3 unspecified atom stereocenters. The highest BCUT2D eigenvalue weighted by molar-refractivity contribution is 7.88. The molecule has 0 amide bonds. The Balaban J connectivity index is -0.000000718. The summed E-state index contributed by atoms with van der Waals surface area (Å²) in [5.41, 5.74) is -1.22. The van der Waals surface area contributed by atoms with Crippen molar-refractivity contribution in [2.45, 2.75) is 45.8 Å². The molecule has 0 bridgehead atoms. The van der Waals surface area contributed by atoms with Gasteiger partial charge < -0.3 is 38.8 Å². The monoisotopic (exact) mass is 794 g/mol. The van der Waals surface area contributed by atoms with Crippen molar-refractivity contribution in [1.29, 1.82) is 0 Å². The Morgan fingerprint density at radius 1 is 0.826 bits per heavy atom. The quantitative estimate of drug-likeness (QED) is 0.0445. The Morgan fingerprint density at radius 3 is 1.43 bits per heavy atom. The highest BCUT2D eigenvalue weighted by Gasteiger charge is 2.37. The first-order valence-corrected chi connectivity index (χ1v) is 21.4. The molecule has 0 spiro atoms. The number of carbonyl (C=O) groups is 2. The second-order valence-corrected chi connectivity index (χ2v) is 19.0. The number of carbonyl (C=O) groups excluding carboxylic acids is 2. The molecule has 0 radical (unpaired) electrons. The van der Waals surface area contributed by atoms with Gasteiger partial charge in [0, 0.05) is 5.57 Å². The van der Waals surface area contributed by atoms with Gasteiger partial charge in [0.25, 0.3) is 20.2 Å². The fourth-order valence-corrected chi connectivity index (χ4v) is 7.36. The van der Waals surface area contributed by atoms with Crippen LogP contribution in [0.4, 0.5) is 0 Å². The van der Waals surface area contributed by atoms with Gasteiger partial charge in [-0.25, -0.2) is 22.5 Å². The van der Waals surface area contributed by atoms with E-state index in [9.17, 15) is 49.6 Å². The summed E-state index contributed by atoms with van der Waals surface area (Å²) < 4.78 is 118. The van der Waals surface area contributed by atoms with Crippen molar-refractivity contribution in [2.75, 3.05) is 25.5 Å². The summed E-state index contributed by atoms with van der Waals surface area (Å²) in [6.07, 6.45) is -1.74. The Kier molecular flexibility index (Phi) is 21.1. The van der Waals surface area contributed by atoms with Crippen LogP contribution < -0.4 is 0 Å². The Hall–Kier alpha value is -1.16. The number of rotatable bonds is 17. The molecular formula is C18H38O22P4S2. The van der Waals surface area contributed by atoms with Gasteiger partial charge in [0.2, 0.25) is 0 Å². The third kappa shape index (κ3) is 29.0. The van der Waals surface area contributed by atoms with Gasteiger partial charge in [-0.1, -0.05) is 20.1 Å². The summed E-state index contributed by atoms with van der Waals surface area (Å²) in [4.78, 5) is 74.4. The van der Waals surface area contributed by atoms with E-state index >= 15 is 0 Å². The van der Waals surface area contributed by atoms with E-state index in [1.54, 1.807) is 0 Å². The van der Waals surface area contributed by atoms with Gasteiger partial charge in [-0.15, -0.1) is 0 Å². The summed E-state index contributed by atoms with van der Waals surface area (Å²) in [6.45, 7) is 10.5. The van der Waals surface area contributed by atoms with Crippen molar-refractivity contribution in [3.05, 3.63) is 24.1 Å². The van der Waals surface area contributed by atoms with E-state index in [4.69, 9.17) is 38.3 Å². The predicted molar refractivity (Wildman–Crippen MR) is 158 cm³/mol. The number of esters is 2. The van der Waals surface area contributed by atoms with E-state index < -0.39 is 99.2 Å². The lowest BCUT2D eigenvalue weighted by Gasteiger charge is -2.26. The third-order valence-corrected chi connectivity index (χ3v) is 11.4. The van der Waals surface area contributed by atoms with E-state index in [2.05, 4.69) is 26.5 Å². The first-order valence-electron chi connectivity index (χ1n) is 11.8. The molecule has 0 aromatic rings. The molecule has 0 fully saturated rings. The third-order valence-electron chi connectivity index (χ3n) is 4.41. The second-order valence-electron chi connectivity index (χ2n) is 9.23. The fraction of sp³-hybridized carbons (Fsp3) is 0.667. The maximum atomic E-state index is 11.9. The van der Waals surface area contributed by atoms with Gasteiger partial charge in [-0.05, 0) is 33.6 Å². The molecule has 0 heterocycles. The molecule has 0 aromatic heterocycles. The zero-order valence-corrected chi connectivity index (χ0v) is 29.9. The van der Waals surface area contributed by atoms with E-state index in [0.717, 1.165) is 0 Å². The second kappa shape index (κ2) is 19.7. The smallest absolute Gasteiger partial charge is 0.465 e. The van der Waals surface area contributed by atoms with Gasteiger partial charge in [0.1, 0.15) is 13.2 Å². The number of phosphoric acid groups is 2. The van der Waals surface area contributed by atoms with Gasteiger partial charge >= 0.3 is 42.8 Å². The normalized spacial score (nSPS) is 15.7. The molecule has 28 heteroatoms. The maximum absolute atomic E-state index is 11.9. The minimum Gasteiger partial charge on any atom is -0.465 e. The first kappa shape index (κ1) is 49.2. The average Bonchev–Trinajstić information content (AvgIpc) is 2.78. The summed E-state index contributed by atoms with van der Waals surface area (Å²) >= 11 is 0. The van der Waals surface area contributed by atoms with Crippen LogP contribution in [-0.2, 0) is 66.2 Å². The van der Waals surface area contributed by atoms with Crippen LogP contribution in [0.1, 0.15) is 40.5 Å². The van der Waals surface area contributed by atoms with Crippen molar-refractivity contribution < 1.29 is 101 Å². The van der Waals surface area contributed by atoms with Crippen LogP contribution in [0.15, 0.2) is 24.1 Å². The largest absolute Gasteiger partial charge is 0.476 e.